The van der Waals surface area contributed by atoms with Crippen molar-refractivity contribution in [1.82, 2.24) is 14.5 Å². The molecule has 4 atom stereocenters. The van der Waals surface area contributed by atoms with Crippen molar-refractivity contribution in [3.63, 3.8) is 0 Å². The van der Waals surface area contributed by atoms with Crippen LogP contribution in [-0.2, 0) is 19.6 Å². The Kier molecular flexibility index (Phi) is 4.79. The molecule has 1 saturated heterocycles. The summed E-state index contributed by atoms with van der Waals surface area (Å²) in [7, 11) is -3.47. The lowest BCUT2D eigenvalue weighted by molar-refractivity contribution is -0.164. The van der Waals surface area contributed by atoms with Crippen LogP contribution < -0.4 is 5.32 Å². The van der Waals surface area contributed by atoms with Crippen molar-refractivity contribution >= 4 is 33.2 Å². The lowest BCUT2D eigenvalue weighted by atomic mass is 9.46. The molecular weight excluding hydrogens is 422 g/mol. The molecule has 2 unspecified atom stereocenters. The number of amides is 2. The first-order valence-corrected chi connectivity index (χ1v) is 13.2. The molecule has 6 rings (SSSR count). The van der Waals surface area contributed by atoms with E-state index >= 15 is 0 Å². The molecule has 0 radical (unpaired) electrons. The summed E-state index contributed by atoms with van der Waals surface area (Å²) in [5, 5.41) is 4.98. The van der Waals surface area contributed by atoms with E-state index in [0.29, 0.717) is 42.2 Å². The first-order chi connectivity index (χ1) is 14.2. The minimum absolute atomic E-state index is 0.00746. The first kappa shape index (κ1) is 20.5. The van der Waals surface area contributed by atoms with E-state index in [1.807, 2.05) is 4.90 Å². The van der Waals surface area contributed by atoms with E-state index < -0.39 is 10.0 Å². The van der Waals surface area contributed by atoms with Crippen LogP contribution >= 0.6 is 11.3 Å². The molecule has 5 aliphatic rings. The van der Waals surface area contributed by atoms with E-state index in [0.717, 1.165) is 32.1 Å². The van der Waals surface area contributed by atoms with Crippen molar-refractivity contribution in [2.75, 3.05) is 26.2 Å². The monoisotopic (exact) mass is 451 g/mol. The van der Waals surface area contributed by atoms with E-state index in [4.69, 9.17) is 0 Å². The molecule has 2 heterocycles. The van der Waals surface area contributed by atoms with Gasteiger partial charge in [0.2, 0.25) is 11.8 Å². The molecular formula is C21H29N3O4S2. The highest BCUT2D eigenvalue weighted by Gasteiger charge is 2.61. The number of piperazine rings is 1. The molecule has 4 aliphatic carbocycles. The van der Waals surface area contributed by atoms with Crippen LogP contribution in [0.4, 0.5) is 0 Å². The molecule has 30 heavy (non-hydrogen) atoms. The molecule has 1 aliphatic heterocycles. The zero-order chi connectivity index (χ0) is 21.1. The lowest BCUT2D eigenvalue weighted by Crippen LogP contribution is -2.66. The highest BCUT2D eigenvalue weighted by atomic mass is 32.2. The summed E-state index contributed by atoms with van der Waals surface area (Å²) in [6, 6.07) is 3.38. The van der Waals surface area contributed by atoms with E-state index in [1.54, 1.807) is 24.4 Å². The van der Waals surface area contributed by atoms with Gasteiger partial charge in [0, 0.05) is 38.6 Å². The van der Waals surface area contributed by atoms with Crippen molar-refractivity contribution in [1.29, 1.82) is 0 Å². The van der Waals surface area contributed by atoms with Crippen LogP contribution in [0.1, 0.15) is 45.4 Å². The molecule has 0 aromatic carbocycles. The largest absolute Gasteiger partial charge is 0.351 e. The Morgan fingerprint density at radius 1 is 1.10 bits per heavy atom. The molecule has 1 N–H and O–H groups in total. The van der Waals surface area contributed by atoms with Gasteiger partial charge in [0.15, 0.2) is 0 Å². The fraction of sp³-hybridized carbons (Fsp3) is 0.714. The highest BCUT2D eigenvalue weighted by Crippen LogP contribution is 2.62. The van der Waals surface area contributed by atoms with Crippen LogP contribution in [0.15, 0.2) is 21.7 Å². The summed E-state index contributed by atoms with van der Waals surface area (Å²) >= 11 is 1.23. The molecule has 1 aromatic heterocycles. The minimum Gasteiger partial charge on any atom is -0.351 e. The summed E-state index contributed by atoms with van der Waals surface area (Å²) in [5.41, 5.74) is -0.614. The van der Waals surface area contributed by atoms with Crippen LogP contribution in [-0.4, -0.2) is 61.2 Å². The second-order valence-electron chi connectivity index (χ2n) is 9.83. The van der Waals surface area contributed by atoms with Gasteiger partial charge in [-0.2, -0.15) is 4.31 Å². The number of rotatable bonds is 4. The molecule has 4 bridgehead atoms. The summed E-state index contributed by atoms with van der Waals surface area (Å²) in [4.78, 5) is 27.5. The van der Waals surface area contributed by atoms with Crippen molar-refractivity contribution in [3.8, 4) is 0 Å². The van der Waals surface area contributed by atoms with Gasteiger partial charge in [-0.05, 0) is 61.8 Å². The fourth-order valence-electron chi connectivity index (χ4n) is 7.04. The van der Waals surface area contributed by atoms with Gasteiger partial charge in [0.25, 0.3) is 10.0 Å². The number of hydrogen-bond acceptors (Lipinski definition) is 5. The molecule has 4 saturated carbocycles. The fourth-order valence-corrected chi connectivity index (χ4v) is 9.60. The van der Waals surface area contributed by atoms with Crippen LogP contribution in [0.25, 0.3) is 0 Å². The lowest BCUT2D eigenvalue weighted by Gasteiger charge is -2.62. The highest BCUT2D eigenvalue weighted by molar-refractivity contribution is 7.91. The summed E-state index contributed by atoms with van der Waals surface area (Å²) in [6.45, 7) is 3.12. The number of carbonyl (C=O) groups excluding carboxylic acids is 2. The smallest absolute Gasteiger partial charge is 0.252 e. The maximum Gasteiger partial charge on any atom is 0.252 e. The van der Waals surface area contributed by atoms with Crippen molar-refractivity contribution < 1.29 is 18.0 Å². The van der Waals surface area contributed by atoms with Crippen molar-refractivity contribution in [3.05, 3.63) is 17.5 Å². The minimum atomic E-state index is -3.47. The molecule has 0 spiro atoms. The van der Waals surface area contributed by atoms with Gasteiger partial charge >= 0.3 is 0 Å². The second-order valence-corrected chi connectivity index (χ2v) is 12.9. The van der Waals surface area contributed by atoms with Crippen LogP contribution in [0.2, 0.25) is 0 Å². The third-order valence-corrected chi connectivity index (χ3v) is 10.8. The third-order valence-electron chi connectivity index (χ3n) is 7.57. The van der Waals surface area contributed by atoms with Crippen LogP contribution in [0.3, 0.4) is 0 Å². The predicted molar refractivity (Wildman–Crippen MR) is 113 cm³/mol. The molecule has 2 amide bonds. The quantitative estimate of drug-likeness (QED) is 0.759. The molecule has 7 nitrogen and oxygen atoms in total. The Hall–Kier alpha value is -1.45. The van der Waals surface area contributed by atoms with Gasteiger partial charge in [0.1, 0.15) is 4.21 Å². The number of carbonyl (C=O) groups is 2. The number of sulfonamides is 1. The van der Waals surface area contributed by atoms with E-state index in [2.05, 4.69) is 5.32 Å². The van der Waals surface area contributed by atoms with E-state index in [9.17, 15) is 18.0 Å². The van der Waals surface area contributed by atoms with Gasteiger partial charge in [-0.15, -0.1) is 11.3 Å². The Bertz CT molecular complexity index is 937. The maximum atomic E-state index is 13.7. The predicted octanol–water partition coefficient (Wildman–Crippen LogP) is 2.06. The number of hydrogen-bond donors (Lipinski definition) is 1. The Labute approximate surface area is 181 Å². The van der Waals surface area contributed by atoms with Crippen molar-refractivity contribution in [2.24, 2.45) is 17.3 Å². The standard InChI is InChI=1S/C21H29N3O4S2/c1-15(25)22-21-12-16-9-17(13-21)11-20(10-16,14-21)19(26)23-4-6-24(7-5-23)30(27,28)18-3-2-8-29-18/h2-3,8,16-17H,4-7,9-14H2,1H3,(H,22,25)/t16-,17+,20?,21?. The van der Waals surface area contributed by atoms with Crippen LogP contribution in [0.5, 0.6) is 0 Å². The number of nitrogens with one attached hydrogen (secondary N) is 1. The van der Waals surface area contributed by atoms with E-state index in [-0.39, 0.29) is 22.8 Å². The maximum absolute atomic E-state index is 13.7. The first-order valence-electron chi connectivity index (χ1n) is 10.8. The SMILES string of the molecule is CC(=O)NC12C[C@H]3C[C@@H](C1)CC(C(=O)N1CCN(S(=O)(=O)c4cccs4)CC1)(C3)C2. The zero-order valence-corrected chi connectivity index (χ0v) is 18.9. The molecule has 9 heteroatoms. The van der Waals surface area contributed by atoms with Crippen LogP contribution in [0, 0.1) is 17.3 Å². The zero-order valence-electron chi connectivity index (χ0n) is 17.3. The van der Waals surface area contributed by atoms with Gasteiger partial charge < -0.3 is 10.2 Å². The van der Waals surface area contributed by atoms with E-state index in [1.165, 1.54) is 22.1 Å². The average molecular weight is 452 g/mol. The second kappa shape index (κ2) is 7.03. The summed E-state index contributed by atoms with van der Waals surface area (Å²) in [5.74, 6) is 1.18. The third kappa shape index (κ3) is 3.29. The number of thiophene rings is 1. The summed E-state index contributed by atoms with van der Waals surface area (Å²) in [6.07, 6.45) is 5.72. The summed E-state index contributed by atoms with van der Waals surface area (Å²) < 4.78 is 27.4. The normalized spacial score (nSPS) is 36.1. The Balaban J connectivity index is 1.31. The van der Waals surface area contributed by atoms with Crippen molar-refractivity contribution in [2.45, 2.75) is 55.2 Å². The van der Waals surface area contributed by atoms with Gasteiger partial charge in [-0.1, -0.05) is 6.07 Å². The van der Waals surface area contributed by atoms with Gasteiger partial charge in [0.05, 0.1) is 5.41 Å². The molecule has 164 valence electrons. The Morgan fingerprint density at radius 2 is 1.77 bits per heavy atom. The topological polar surface area (TPSA) is 86.8 Å². The Morgan fingerprint density at radius 3 is 2.33 bits per heavy atom. The average Bonchev–Trinajstić information content (AvgIpc) is 3.21. The number of nitrogens with zero attached hydrogens (tertiary/aromatic N) is 2. The molecule has 1 aromatic rings. The van der Waals surface area contributed by atoms with Gasteiger partial charge in [-0.3, -0.25) is 9.59 Å². The molecule has 5 fully saturated rings. The van der Waals surface area contributed by atoms with Gasteiger partial charge in [-0.25, -0.2) is 8.42 Å².